The Kier molecular flexibility index (Phi) is 4.67. The Morgan fingerprint density at radius 1 is 1.10 bits per heavy atom. The van der Waals surface area contributed by atoms with Crippen LogP contribution in [-0.4, -0.2) is 49.2 Å². The van der Waals surface area contributed by atoms with E-state index in [1.54, 1.807) is 23.1 Å². The van der Waals surface area contributed by atoms with Crippen molar-refractivity contribution in [1.82, 2.24) is 4.90 Å². The van der Waals surface area contributed by atoms with Crippen LogP contribution in [0, 0.1) is 5.92 Å². The number of hydrogen-bond donors (Lipinski definition) is 1. The average Bonchev–Trinajstić information content (AvgIpc) is 2.53. The molecule has 1 heterocycles. The van der Waals surface area contributed by atoms with E-state index in [0.29, 0.717) is 43.0 Å². The minimum atomic E-state index is -0.787. The van der Waals surface area contributed by atoms with Gasteiger partial charge >= 0.3 is 5.97 Å². The molecular weight excluding hydrogens is 274 g/mol. The van der Waals surface area contributed by atoms with Gasteiger partial charge in [0, 0.05) is 24.7 Å². The summed E-state index contributed by atoms with van der Waals surface area (Å²) in [5.74, 6) is -0.161. The molecule has 0 spiro atoms. The SMILES string of the molecule is COc1cc(OC)cc(C(=O)N2CCC(C(=O)O)CC2)c1. The maximum atomic E-state index is 12.5. The van der Waals surface area contributed by atoms with Gasteiger partial charge in [0.15, 0.2) is 0 Å². The smallest absolute Gasteiger partial charge is 0.306 e. The van der Waals surface area contributed by atoms with Crippen molar-refractivity contribution in [2.75, 3.05) is 27.3 Å². The summed E-state index contributed by atoms with van der Waals surface area (Å²) in [6, 6.07) is 5.02. The van der Waals surface area contributed by atoms with E-state index in [2.05, 4.69) is 0 Å². The van der Waals surface area contributed by atoms with Gasteiger partial charge in [0.05, 0.1) is 20.1 Å². The number of methoxy groups -OCH3 is 2. The number of carboxylic acid groups (broad SMARTS) is 1. The third kappa shape index (κ3) is 3.45. The second kappa shape index (κ2) is 6.47. The number of carbonyl (C=O) groups excluding carboxylic acids is 1. The number of likely N-dealkylation sites (tertiary alicyclic amines) is 1. The largest absolute Gasteiger partial charge is 0.497 e. The first-order chi connectivity index (χ1) is 10.0. The van der Waals surface area contributed by atoms with Crippen LogP contribution < -0.4 is 9.47 Å². The number of benzene rings is 1. The lowest BCUT2D eigenvalue weighted by Crippen LogP contribution is -2.40. The highest BCUT2D eigenvalue weighted by Crippen LogP contribution is 2.25. The number of piperidine rings is 1. The third-order valence-corrected chi connectivity index (χ3v) is 3.73. The molecule has 0 saturated carbocycles. The van der Waals surface area contributed by atoms with Crippen LogP contribution in [0.5, 0.6) is 11.5 Å². The lowest BCUT2D eigenvalue weighted by molar-refractivity contribution is -0.143. The third-order valence-electron chi connectivity index (χ3n) is 3.73. The Hall–Kier alpha value is -2.24. The van der Waals surface area contributed by atoms with Gasteiger partial charge in [0.2, 0.25) is 0 Å². The van der Waals surface area contributed by atoms with Crippen LogP contribution >= 0.6 is 0 Å². The molecule has 6 nitrogen and oxygen atoms in total. The standard InChI is InChI=1S/C15H19NO5/c1-20-12-7-11(8-13(9-12)21-2)14(17)16-5-3-10(4-6-16)15(18)19/h7-10H,3-6H2,1-2H3,(H,18,19). The van der Waals surface area contributed by atoms with Gasteiger partial charge in [-0.05, 0) is 25.0 Å². The molecule has 2 rings (SSSR count). The molecule has 0 unspecified atom stereocenters. The molecule has 1 N–H and O–H groups in total. The molecule has 0 radical (unpaired) electrons. The van der Waals surface area contributed by atoms with E-state index in [4.69, 9.17) is 14.6 Å². The van der Waals surface area contributed by atoms with Crippen molar-refractivity contribution in [2.24, 2.45) is 5.92 Å². The highest BCUT2D eigenvalue weighted by molar-refractivity contribution is 5.95. The normalized spacial score (nSPS) is 15.6. The topological polar surface area (TPSA) is 76.1 Å². The Bertz CT molecular complexity index is 513. The minimum absolute atomic E-state index is 0.129. The van der Waals surface area contributed by atoms with Gasteiger partial charge in [-0.2, -0.15) is 0 Å². The molecule has 1 amide bonds. The Labute approximate surface area is 123 Å². The number of rotatable bonds is 4. The van der Waals surface area contributed by atoms with Crippen molar-refractivity contribution in [2.45, 2.75) is 12.8 Å². The van der Waals surface area contributed by atoms with Gasteiger partial charge in [-0.25, -0.2) is 0 Å². The zero-order valence-corrected chi connectivity index (χ0v) is 12.2. The van der Waals surface area contributed by atoms with E-state index in [1.807, 2.05) is 0 Å². The van der Waals surface area contributed by atoms with Gasteiger partial charge in [0.25, 0.3) is 5.91 Å². The fourth-order valence-corrected chi connectivity index (χ4v) is 2.44. The van der Waals surface area contributed by atoms with E-state index in [9.17, 15) is 9.59 Å². The zero-order valence-electron chi connectivity index (χ0n) is 12.2. The summed E-state index contributed by atoms with van der Waals surface area (Å²) in [7, 11) is 3.06. The first-order valence-electron chi connectivity index (χ1n) is 6.80. The molecule has 1 fully saturated rings. The van der Waals surface area contributed by atoms with E-state index >= 15 is 0 Å². The zero-order chi connectivity index (χ0) is 15.4. The summed E-state index contributed by atoms with van der Waals surface area (Å²) in [4.78, 5) is 25.1. The van der Waals surface area contributed by atoms with Gasteiger partial charge in [-0.15, -0.1) is 0 Å². The predicted molar refractivity (Wildman–Crippen MR) is 75.8 cm³/mol. The molecule has 0 bridgehead atoms. The molecule has 1 aliphatic heterocycles. The number of hydrogen-bond acceptors (Lipinski definition) is 4. The van der Waals surface area contributed by atoms with Crippen LogP contribution in [0.3, 0.4) is 0 Å². The predicted octanol–water partition coefficient (Wildman–Crippen LogP) is 1.64. The first kappa shape index (κ1) is 15.2. The van der Waals surface area contributed by atoms with Crippen molar-refractivity contribution < 1.29 is 24.2 Å². The number of carbonyl (C=O) groups is 2. The summed E-state index contributed by atoms with van der Waals surface area (Å²) < 4.78 is 10.3. The van der Waals surface area contributed by atoms with Crippen LogP contribution in [0.1, 0.15) is 23.2 Å². The molecule has 0 aliphatic carbocycles. The van der Waals surface area contributed by atoms with Crippen molar-refractivity contribution in [1.29, 1.82) is 0 Å². The van der Waals surface area contributed by atoms with Crippen molar-refractivity contribution >= 4 is 11.9 Å². The quantitative estimate of drug-likeness (QED) is 0.913. The molecule has 1 aromatic rings. The van der Waals surface area contributed by atoms with Crippen molar-refractivity contribution in [3.8, 4) is 11.5 Å². The van der Waals surface area contributed by atoms with Crippen LogP contribution in [0.4, 0.5) is 0 Å². The lowest BCUT2D eigenvalue weighted by atomic mass is 9.96. The van der Waals surface area contributed by atoms with Gasteiger partial charge in [-0.3, -0.25) is 9.59 Å². The molecule has 1 saturated heterocycles. The minimum Gasteiger partial charge on any atom is -0.497 e. The number of aliphatic carboxylic acids is 1. The fraction of sp³-hybridized carbons (Fsp3) is 0.467. The maximum Gasteiger partial charge on any atom is 0.306 e. The summed E-state index contributed by atoms with van der Waals surface area (Å²) in [6.07, 6.45) is 0.977. The van der Waals surface area contributed by atoms with Gasteiger partial charge in [0.1, 0.15) is 11.5 Å². The summed E-state index contributed by atoms with van der Waals surface area (Å²) in [5, 5.41) is 8.98. The van der Waals surface area contributed by atoms with Gasteiger partial charge < -0.3 is 19.5 Å². The molecule has 114 valence electrons. The second-order valence-corrected chi connectivity index (χ2v) is 5.01. The summed E-state index contributed by atoms with van der Waals surface area (Å²) in [5.41, 5.74) is 0.486. The number of amides is 1. The average molecular weight is 293 g/mol. The molecule has 1 aromatic carbocycles. The van der Waals surface area contributed by atoms with Crippen molar-refractivity contribution in [3.05, 3.63) is 23.8 Å². The Morgan fingerprint density at radius 3 is 2.05 bits per heavy atom. The summed E-state index contributed by atoms with van der Waals surface area (Å²) in [6.45, 7) is 0.907. The second-order valence-electron chi connectivity index (χ2n) is 5.01. The molecule has 0 aromatic heterocycles. The maximum absolute atomic E-state index is 12.5. The van der Waals surface area contributed by atoms with Gasteiger partial charge in [-0.1, -0.05) is 0 Å². The van der Waals surface area contributed by atoms with Crippen molar-refractivity contribution in [3.63, 3.8) is 0 Å². The van der Waals surface area contributed by atoms with Crippen LogP contribution in [0.15, 0.2) is 18.2 Å². The monoisotopic (exact) mass is 293 g/mol. The molecule has 0 atom stereocenters. The van der Waals surface area contributed by atoms with E-state index < -0.39 is 5.97 Å². The van der Waals surface area contributed by atoms with E-state index in [-0.39, 0.29) is 11.8 Å². The number of ether oxygens (including phenoxy) is 2. The number of nitrogens with zero attached hydrogens (tertiary/aromatic N) is 1. The van der Waals surface area contributed by atoms with Crippen LogP contribution in [0.2, 0.25) is 0 Å². The van der Waals surface area contributed by atoms with E-state index in [1.165, 1.54) is 14.2 Å². The fourth-order valence-electron chi connectivity index (χ4n) is 2.44. The first-order valence-corrected chi connectivity index (χ1v) is 6.80. The molecular formula is C15H19NO5. The Balaban J connectivity index is 2.12. The van der Waals surface area contributed by atoms with Crippen LogP contribution in [-0.2, 0) is 4.79 Å². The molecule has 1 aliphatic rings. The highest BCUT2D eigenvalue weighted by Gasteiger charge is 2.27. The van der Waals surface area contributed by atoms with E-state index in [0.717, 1.165) is 0 Å². The molecule has 21 heavy (non-hydrogen) atoms. The summed E-state index contributed by atoms with van der Waals surface area (Å²) >= 11 is 0. The lowest BCUT2D eigenvalue weighted by Gasteiger charge is -2.30. The molecule has 6 heteroatoms. The highest BCUT2D eigenvalue weighted by atomic mass is 16.5. The number of carboxylic acids is 1. The van der Waals surface area contributed by atoms with Crippen LogP contribution in [0.25, 0.3) is 0 Å². The Morgan fingerprint density at radius 2 is 1.62 bits per heavy atom.